The van der Waals surface area contributed by atoms with Crippen LogP contribution in [-0.2, 0) is 11.3 Å². The van der Waals surface area contributed by atoms with Gasteiger partial charge in [-0.15, -0.1) is 0 Å². The molecule has 1 aliphatic carbocycles. The van der Waals surface area contributed by atoms with Gasteiger partial charge in [-0.1, -0.05) is 12.1 Å². The average Bonchev–Trinajstić information content (AvgIpc) is 3.65. The maximum atomic E-state index is 13.3. The lowest BCUT2D eigenvalue weighted by Crippen LogP contribution is -2.54. The van der Waals surface area contributed by atoms with Gasteiger partial charge in [0.25, 0.3) is 5.91 Å². The third-order valence-corrected chi connectivity index (χ3v) is 7.12. The molecule has 2 aromatic rings. The van der Waals surface area contributed by atoms with Crippen molar-refractivity contribution in [2.75, 3.05) is 19.7 Å². The van der Waals surface area contributed by atoms with Gasteiger partial charge in [0, 0.05) is 56.3 Å². The second kappa shape index (κ2) is 8.67. The SMILES string of the molecule is O=C(c1ccncc1)N1CCC2(CC1)CC(N(Cc1ccc(F)cc1)C1CC1)CCO2. The minimum Gasteiger partial charge on any atom is -0.375 e. The molecule has 3 heterocycles. The van der Waals surface area contributed by atoms with E-state index in [1.807, 2.05) is 17.0 Å². The summed E-state index contributed by atoms with van der Waals surface area (Å²) >= 11 is 0. The van der Waals surface area contributed by atoms with E-state index in [0.717, 1.165) is 51.9 Å². The first-order valence-electron chi connectivity index (χ1n) is 11.5. The Bertz CT molecular complexity index is 893. The molecule has 2 aliphatic heterocycles. The number of hydrogen-bond acceptors (Lipinski definition) is 4. The Morgan fingerprint density at radius 2 is 1.77 bits per heavy atom. The van der Waals surface area contributed by atoms with Crippen LogP contribution in [0.1, 0.15) is 54.4 Å². The molecule has 1 aromatic heterocycles. The Hall–Kier alpha value is -2.31. The lowest BCUT2D eigenvalue weighted by molar-refractivity contribution is -0.131. The molecule has 1 amide bonds. The molecule has 164 valence electrons. The Morgan fingerprint density at radius 1 is 1.06 bits per heavy atom. The van der Waals surface area contributed by atoms with Crippen LogP contribution in [0.15, 0.2) is 48.8 Å². The van der Waals surface area contributed by atoms with Gasteiger partial charge in [0.1, 0.15) is 5.82 Å². The topological polar surface area (TPSA) is 45.7 Å². The molecule has 1 unspecified atom stereocenters. The summed E-state index contributed by atoms with van der Waals surface area (Å²) < 4.78 is 19.7. The highest BCUT2D eigenvalue weighted by atomic mass is 19.1. The van der Waals surface area contributed by atoms with E-state index in [2.05, 4.69) is 9.88 Å². The lowest BCUT2D eigenvalue weighted by atomic mass is 9.81. The first-order valence-corrected chi connectivity index (χ1v) is 11.5. The normalized spacial score (nSPS) is 23.3. The van der Waals surface area contributed by atoms with E-state index < -0.39 is 0 Å². The summed E-state index contributed by atoms with van der Waals surface area (Å²) in [6, 6.07) is 11.6. The number of carbonyl (C=O) groups is 1. The van der Waals surface area contributed by atoms with Gasteiger partial charge in [-0.3, -0.25) is 14.7 Å². The minimum atomic E-state index is -0.181. The van der Waals surface area contributed by atoms with Crippen molar-refractivity contribution in [3.63, 3.8) is 0 Å². The first-order chi connectivity index (χ1) is 15.1. The molecule has 31 heavy (non-hydrogen) atoms. The summed E-state index contributed by atoms with van der Waals surface area (Å²) in [5, 5.41) is 0. The van der Waals surface area contributed by atoms with Crippen molar-refractivity contribution in [1.82, 2.24) is 14.8 Å². The fourth-order valence-electron chi connectivity index (χ4n) is 5.19. The summed E-state index contributed by atoms with van der Waals surface area (Å²) in [5.74, 6) is -0.0969. The van der Waals surface area contributed by atoms with Crippen LogP contribution >= 0.6 is 0 Å². The van der Waals surface area contributed by atoms with Gasteiger partial charge in [0.2, 0.25) is 0 Å². The number of likely N-dealkylation sites (tertiary alicyclic amines) is 1. The van der Waals surface area contributed by atoms with E-state index in [0.29, 0.717) is 17.6 Å². The summed E-state index contributed by atoms with van der Waals surface area (Å²) in [7, 11) is 0. The molecular weight excluding hydrogens is 393 g/mol. The van der Waals surface area contributed by atoms with Crippen molar-refractivity contribution in [1.29, 1.82) is 0 Å². The van der Waals surface area contributed by atoms with Gasteiger partial charge in [-0.05, 0) is 68.4 Å². The van der Waals surface area contributed by atoms with Crippen LogP contribution in [0.3, 0.4) is 0 Å². The van der Waals surface area contributed by atoms with E-state index in [4.69, 9.17) is 4.74 Å². The van der Waals surface area contributed by atoms with Gasteiger partial charge >= 0.3 is 0 Å². The van der Waals surface area contributed by atoms with Crippen molar-refractivity contribution in [2.24, 2.45) is 0 Å². The van der Waals surface area contributed by atoms with Gasteiger partial charge in [-0.25, -0.2) is 4.39 Å². The Morgan fingerprint density at radius 3 is 2.45 bits per heavy atom. The fraction of sp³-hybridized carbons (Fsp3) is 0.520. The fourth-order valence-corrected chi connectivity index (χ4v) is 5.19. The Kier molecular flexibility index (Phi) is 5.76. The summed E-state index contributed by atoms with van der Waals surface area (Å²) in [5.41, 5.74) is 1.74. The molecule has 1 saturated carbocycles. The highest BCUT2D eigenvalue weighted by Crippen LogP contribution is 2.40. The van der Waals surface area contributed by atoms with Crippen LogP contribution in [0.25, 0.3) is 0 Å². The quantitative estimate of drug-likeness (QED) is 0.728. The molecule has 0 bridgehead atoms. The first kappa shape index (κ1) is 20.6. The van der Waals surface area contributed by atoms with Crippen LogP contribution < -0.4 is 0 Å². The Labute approximate surface area is 183 Å². The number of amides is 1. The predicted octanol–water partition coefficient (Wildman–Crippen LogP) is 4.04. The maximum absolute atomic E-state index is 13.3. The number of aromatic nitrogens is 1. The van der Waals surface area contributed by atoms with E-state index in [1.165, 1.54) is 18.4 Å². The molecule has 2 saturated heterocycles. The second-order valence-corrected chi connectivity index (χ2v) is 9.24. The molecule has 5 nitrogen and oxygen atoms in total. The van der Waals surface area contributed by atoms with E-state index in [9.17, 15) is 9.18 Å². The number of ether oxygens (including phenoxy) is 1. The number of hydrogen-bond donors (Lipinski definition) is 0. The number of piperidine rings is 1. The largest absolute Gasteiger partial charge is 0.375 e. The molecule has 3 fully saturated rings. The van der Waals surface area contributed by atoms with E-state index in [1.54, 1.807) is 36.7 Å². The molecule has 1 atom stereocenters. The summed E-state index contributed by atoms with van der Waals surface area (Å²) in [6.07, 6.45) is 9.66. The molecule has 6 heteroatoms. The number of pyridine rings is 1. The molecular formula is C25H30FN3O2. The molecule has 5 rings (SSSR count). The van der Waals surface area contributed by atoms with Crippen LogP contribution in [0.5, 0.6) is 0 Å². The van der Waals surface area contributed by atoms with Crippen LogP contribution in [0.4, 0.5) is 4.39 Å². The zero-order valence-corrected chi connectivity index (χ0v) is 17.9. The average molecular weight is 424 g/mol. The van der Waals surface area contributed by atoms with Crippen molar-refractivity contribution in [2.45, 2.75) is 62.8 Å². The third kappa shape index (κ3) is 4.65. The summed E-state index contributed by atoms with van der Waals surface area (Å²) in [4.78, 5) is 21.4. The predicted molar refractivity (Wildman–Crippen MR) is 116 cm³/mol. The standard InChI is InChI=1S/C25H30FN3O2/c26-21-3-1-19(2-4-21)18-29(22-5-6-22)23-9-16-31-25(17-23)10-14-28(15-11-25)24(30)20-7-12-27-13-8-20/h1-4,7-8,12-13,22-23H,5-6,9-11,14-18H2. The van der Waals surface area contributed by atoms with E-state index >= 15 is 0 Å². The highest BCUT2D eigenvalue weighted by Gasteiger charge is 2.45. The Balaban J connectivity index is 1.23. The molecule has 1 aromatic carbocycles. The number of halogens is 1. The zero-order chi connectivity index (χ0) is 21.3. The zero-order valence-electron chi connectivity index (χ0n) is 17.9. The molecule has 0 radical (unpaired) electrons. The number of nitrogens with zero attached hydrogens (tertiary/aromatic N) is 3. The van der Waals surface area contributed by atoms with Crippen molar-refractivity contribution >= 4 is 5.91 Å². The van der Waals surface area contributed by atoms with Gasteiger partial charge in [-0.2, -0.15) is 0 Å². The monoisotopic (exact) mass is 423 g/mol. The highest BCUT2D eigenvalue weighted by molar-refractivity contribution is 5.94. The molecule has 1 spiro atoms. The van der Waals surface area contributed by atoms with Crippen LogP contribution in [-0.4, -0.2) is 58.1 Å². The minimum absolute atomic E-state index is 0.0838. The molecule has 0 N–H and O–H groups in total. The summed E-state index contributed by atoms with van der Waals surface area (Å²) in [6.45, 7) is 3.11. The van der Waals surface area contributed by atoms with Crippen molar-refractivity contribution < 1.29 is 13.9 Å². The molecule has 3 aliphatic rings. The number of benzene rings is 1. The van der Waals surface area contributed by atoms with Crippen molar-refractivity contribution in [3.05, 3.63) is 65.7 Å². The van der Waals surface area contributed by atoms with Gasteiger partial charge in [0.15, 0.2) is 0 Å². The van der Waals surface area contributed by atoms with Gasteiger partial charge in [0.05, 0.1) is 5.60 Å². The maximum Gasteiger partial charge on any atom is 0.253 e. The van der Waals surface area contributed by atoms with E-state index in [-0.39, 0.29) is 17.3 Å². The van der Waals surface area contributed by atoms with Crippen LogP contribution in [0, 0.1) is 5.82 Å². The number of carbonyl (C=O) groups excluding carboxylic acids is 1. The third-order valence-electron chi connectivity index (χ3n) is 7.12. The van der Waals surface area contributed by atoms with Crippen molar-refractivity contribution in [3.8, 4) is 0 Å². The second-order valence-electron chi connectivity index (χ2n) is 9.24. The smallest absolute Gasteiger partial charge is 0.253 e. The van der Waals surface area contributed by atoms with Gasteiger partial charge < -0.3 is 9.64 Å². The lowest BCUT2D eigenvalue weighted by Gasteiger charge is -2.48. The number of rotatable bonds is 5. The van der Waals surface area contributed by atoms with Crippen LogP contribution in [0.2, 0.25) is 0 Å².